The van der Waals surface area contributed by atoms with Gasteiger partial charge in [-0.3, -0.25) is 9.69 Å². The molecular weight excluding hydrogens is 659 g/mol. The number of pyridine rings is 1. The Morgan fingerprint density at radius 1 is 0.980 bits per heavy atom. The Morgan fingerprint density at radius 3 is 2.36 bits per heavy atom. The number of aromatic nitrogens is 1. The number of hydrogen-bond acceptors (Lipinski definition) is 10. The number of carbonyl (C=O) groups excluding carboxylic acids is 2. The summed E-state index contributed by atoms with van der Waals surface area (Å²) in [6.07, 6.45) is 3.64. The Bertz CT molecular complexity index is 1900. The summed E-state index contributed by atoms with van der Waals surface area (Å²) in [6.45, 7) is 8.17. The number of sulfonamides is 1. The molecule has 0 radical (unpaired) electrons. The maximum Gasteiger partial charge on any atom is 0.321 e. The number of carbonyl (C=O) groups is 2. The molecule has 50 heavy (non-hydrogen) atoms. The van der Waals surface area contributed by atoms with E-state index in [-0.39, 0.29) is 52.1 Å². The van der Waals surface area contributed by atoms with Gasteiger partial charge in [0.05, 0.1) is 36.1 Å². The molecule has 2 fully saturated rings. The van der Waals surface area contributed by atoms with Crippen molar-refractivity contribution in [3.63, 3.8) is 0 Å². The van der Waals surface area contributed by atoms with Crippen molar-refractivity contribution < 1.29 is 27.5 Å². The lowest BCUT2D eigenvalue weighted by Gasteiger charge is -2.45. The van der Waals surface area contributed by atoms with E-state index >= 15 is 4.79 Å². The van der Waals surface area contributed by atoms with Crippen molar-refractivity contribution in [2.45, 2.75) is 43.2 Å². The van der Waals surface area contributed by atoms with Crippen molar-refractivity contribution in [2.24, 2.45) is 0 Å². The van der Waals surface area contributed by atoms with Gasteiger partial charge in [0.2, 0.25) is 5.88 Å². The second-order valence-corrected chi connectivity index (χ2v) is 14.5. The van der Waals surface area contributed by atoms with Crippen molar-refractivity contribution in [1.29, 1.82) is 5.26 Å². The lowest BCUT2D eigenvalue weighted by atomic mass is 9.82. The minimum Gasteiger partial charge on any atom is -0.492 e. The van der Waals surface area contributed by atoms with Crippen LogP contribution in [-0.2, 0) is 20.4 Å². The van der Waals surface area contributed by atoms with Gasteiger partial charge in [-0.25, -0.2) is 18.2 Å². The molecule has 3 amide bonds. The van der Waals surface area contributed by atoms with Crippen LogP contribution in [0.25, 0.3) is 0 Å². The van der Waals surface area contributed by atoms with Crippen LogP contribution in [0.2, 0.25) is 0 Å². The average Bonchev–Trinajstić information content (AvgIpc) is 3.40. The summed E-state index contributed by atoms with van der Waals surface area (Å²) < 4.78 is 41.7. The summed E-state index contributed by atoms with van der Waals surface area (Å²) in [4.78, 5) is 42.0. The average molecular weight is 702 g/mol. The van der Waals surface area contributed by atoms with E-state index in [2.05, 4.69) is 27.9 Å². The lowest BCUT2D eigenvalue weighted by Crippen LogP contribution is -2.61. The highest BCUT2D eigenvalue weighted by atomic mass is 32.2. The fourth-order valence-electron chi connectivity index (χ4n) is 7.40. The van der Waals surface area contributed by atoms with Crippen molar-refractivity contribution in [2.75, 3.05) is 70.9 Å². The Hall–Kier alpha value is -4.71. The van der Waals surface area contributed by atoms with E-state index in [0.29, 0.717) is 32.2 Å². The van der Waals surface area contributed by atoms with Crippen molar-refractivity contribution in [1.82, 2.24) is 24.6 Å². The Balaban J connectivity index is 1.48. The van der Waals surface area contributed by atoms with Gasteiger partial charge in [0.1, 0.15) is 10.6 Å². The van der Waals surface area contributed by atoms with Crippen molar-refractivity contribution >= 4 is 27.6 Å². The second kappa shape index (κ2) is 14.3. The van der Waals surface area contributed by atoms with Crippen LogP contribution in [0.3, 0.4) is 0 Å². The molecule has 2 saturated heterocycles. The molecule has 0 aliphatic carbocycles. The number of hydrogen-bond donors (Lipinski definition) is 0. The van der Waals surface area contributed by atoms with Crippen LogP contribution in [0, 0.1) is 11.3 Å². The molecule has 2 aromatic carbocycles. The number of anilines is 1. The van der Waals surface area contributed by atoms with Crippen LogP contribution in [-0.4, -0.2) is 118 Å². The molecule has 1 atom stereocenters. The van der Waals surface area contributed by atoms with E-state index in [1.165, 1.54) is 48.5 Å². The Kier molecular flexibility index (Phi) is 10.0. The van der Waals surface area contributed by atoms with E-state index in [4.69, 9.17) is 9.47 Å². The molecule has 0 N–H and O–H groups in total. The topological polar surface area (TPSA) is 140 Å². The molecule has 1 aromatic heterocycles. The number of piperidine rings is 1. The minimum absolute atomic E-state index is 0.0124. The Labute approximate surface area is 293 Å². The standard InChI is InChI=1S/C36H43N7O6S/c1-5-48-31-11-7-8-12-32(31)50(46,47)43-30-14-13-26(25-37)24-29(30)36(34(43)44,28-10-9-17-38-33(28)49-6-2)40(4)35(45)42-22-20-41(21-23-42)27-15-18-39(3)19-16-27/h7-14,17,24,27H,5-6,15-16,18-23H2,1-4H3. The van der Waals surface area contributed by atoms with Gasteiger partial charge in [-0.15, -0.1) is 0 Å². The molecule has 0 bridgehead atoms. The largest absolute Gasteiger partial charge is 0.492 e. The second-order valence-electron chi connectivity index (χ2n) is 12.7. The third-order valence-electron chi connectivity index (χ3n) is 9.92. The number of ether oxygens (including phenoxy) is 2. The molecule has 14 heteroatoms. The minimum atomic E-state index is -4.63. The SMILES string of the molecule is CCOc1ccccc1S(=O)(=O)N1C(=O)C(c2cccnc2OCC)(N(C)C(=O)N2CCN(C3CCN(C)CC3)CC2)c2cc(C#N)ccc21. The summed E-state index contributed by atoms with van der Waals surface area (Å²) in [5.41, 5.74) is -1.55. The first kappa shape index (κ1) is 35.1. The summed E-state index contributed by atoms with van der Waals surface area (Å²) in [5, 5.41) is 10.00. The fourth-order valence-corrected chi connectivity index (χ4v) is 8.99. The number of para-hydroxylation sites is 1. The number of rotatable bonds is 9. The van der Waals surface area contributed by atoms with Gasteiger partial charge in [0.25, 0.3) is 15.9 Å². The zero-order chi connectivity index (χ0) is 35.6. The van der Waals surface area contributed by atoms with Crippen LogP contribution in [0.15, 0.2) is 65.7 Å². The molecule has 3 aliphatic heterocycles. The van der Waals surface area contributed by atoms with Gasteiger partial charge in [0.15, 0.2) is 5.54 Å². The maximum absolute atomic E-state index is 15.4. The maximum atomic E-state index is 15.4. The van der Waals surface area contributed by atoms with Crippen LogP contribution >= 0.6 is 0 Å². The third-order valence-corrected chi connectivity index (χ3v) is 11.7. The van der Waals surface area contributed by atoms with Gasteiger partial charge in [0, 0.05) is 51.0 Å². The van der Waals surface area contributed by atoms with Crippen molar-refractivity contribution in [3.05, 3.63) is 77.5 Å². The highest BCUT2D eigenvalue weighted by molar-refractivity contribution is 7.93. The molecule has 0 spiro atoms. The predicted molar refractivity (Wildman–Crippen MR) is 186 cm³/mol. The smallest absolute Gasteiger partial charge is 0.321 e. The number of amides is 3. The number of likely N-dealkylation sites (N-methyl/N-ethyl adjacent to an activating group) is 1. The van der Waals surface area contributed by atoms with E-state index in [0.717, 1.165) is 30.2 Å². The van der Waals surface area contributed by atoms with Crippen molar-refractivity contribution in [3.8, 4) is 17.7 Å². The number of piperazine rings is 1. The van der Waals surface area contributed by atoms with Gasteiger partial charge in [-0.05, 0) is 89.3 Å². The predicted octanol–water partition coefficient (Wildman–Crippen LogP) is 3.49. The molecule has 1 unspecified atom stereocenters. The quantitative estimate of drug-likeness (QED) is 0.326. The number of likely N-dealkylation sites (tertiary alicyclic amines) is 1. The summed E-state index contributed by atoms with van der Waals surface area (Å²) in [6, 6.07) is 15.8. The number of benzene rings is 2. The van der Waals surface area contributed by atoms with E-state index < -0.39 is 27.5 Å². The molecule has 264 valence electrons. The normalized spacial score (nSPS) is 20.3. The zero-order valence-electron chi connectivity index (χ0n) is 28.9. The van der Waals surface area contributed by atoms with Gasteiger partial charge >= 0.3 is 6.03 Å². The first-order valence-electron chi connectivity index (χ1n) is 17.0. The molecule has 3 aromatic rings. The molecule has 0 saturated carbocycles. The zero-order valence-corrected chi connectivity index (χ0v) is 29.7. The number of nitrogens with zero attached hydrogens (tertiary/aromatic N) is 7. The highest BCUT2D eigenvalue weighted by Gasteiger charge is 2.62. The fraction of sp³-hybridized carbons (Fsp3) is 0.444. The molecule has 6 rings (SSSR count). The number of fused-ring (bicyclic) bond motifs is 1. The molecular formula is C36H43N7O6S. The van der Waals surface area contributed by atoms with E-state index in [1.807, 2.05) is 0 Å². The van der Waals surface area contributed by atoms with Crippen LogP contribution in [0.4, 0.5) is 10.5 Å². The molecule has 3 aliphatic rings. The summed E-state index contributed by atoms with van der Waals surface area (Å²) in [5.74, 6) is -0.778. The van der Waals surface area contributed by atoms with Gasteiger partial charge < -0.3 is 24.2 Å². The monoisotopic (exact) mass is 701 g/mol. The number of urea groups is 1. The summed E-state index contributed by atoms with van der Waals surface area (Å²) in [7, 11) is -1.00. The molecule has 13 nitrogen and oxygen atoms in total. The number of nitriles is 1. The first-order chi connectivity index (χ1) is 24.1. The first-order valence-corrected chi connectivity index (χ1v) is 18.4. The lowest BCUT2D eigenvalue weighted by molar-refractivity contribution is -0.125. The van der Waals surface area contributed by atoms with Crippen LogP contribution < -0.4 is 13.8 Å². The molecule has 4 heterocycles. The summed E-state index contributed by atoms with van der Waals surface area (Å²) >= 11 is 0. The van der Waals surface area contributed by atoms with E-state index in [9.17, 15) is 18.5 Å². The Morgan fingerprint density at radius 2 is 1.68 bits per heavy atom. The van der Waals surface area contributed by atoms with Crippen LogP contribution in [0.5, 0.6) is 11.6 Å². The van der Waals surface area contributed by atoms with Crippen LogP contribution in [0.1, 0.15) is 43.4 Å². The van der Waals surface area contributed by atoms with Gasteiger partial charge in [-0.2, -0.15) is 9.57 Å². The van der Waals surface area contributed by atoms with E-state index in [1.54, 1.807) is 43.0 Å². The third kappa shape index (κ3) is 5.93. The highest BCUT2D eigenvalue weighted by Crippen LogP contribution is 2.52. The van der Waals surface area contributed by atoms with Gasteiger partial charge in [-0.1, -0.05) is 12.1 Å².